The molecule has 0 aliphatic carbocycles. The van der Waals surface area contributed by atoms with E-state index in [1.54, 1.807) is 0 Å². The number of benzene rings is 1. The van der Waals surface area contributed by atoms with Crippen LogP contribution in [0.1, 0.15) is 5.56 Å². The Morgan fingerprint density at radius 1 is 1.12 bits per heavy atom. The van der Waals surface area contributed by atoms with E-state index < -0.39 is 17.6 Å². The standard InChI is InChI=1S/C13H11F4N7/c14-8-6-9-10(5-7(8)13(15,16)17)24-12(20-21-22-24)11(19-9)23-3-1-18-2-4-23/h5-6,18H,1-4H2. The number of nitrogens with one attached hydrogen (secondary N) is 1. The van der Waals surface area contributed by atoms with Crippen LogP contribution in [0.15, 0.2) is 12.1 Å². The van der Waals surface area contributed by atoms with Gasteiger partial charge in [0, 0.05) is 32.2 Å². The summed E-state index contributed by atoms with van der Waals surface area (Å²) < 4.78 is 53.8. The minimum absolute atomic E-state index is 0.00242. The fraction of sp³-hybridized carbons (Fsp3) is 0.385. The summed E-state index contributed by atoms with van der Waals surface area (Å²) in [6.45, 7) is 2.75. The quantitative estimate of drug-likeness (QED) is 0.672. The summed E-state index contributed by atoms with van der Waals surface area (Å²) in [5, 5.41) is 14.3. The SMILES string of the molecule is Fc1cc2nc(N3CCNCC3)c3nnnn3c2cc1C(F)(F)F. The van der Waals surface area contributed by atoms with Crippen LogP contribution in [0.4, 0.5) is 23.4 Å². The maximum Gasteiger partial charge on any atom is 0.419 e. The number of rotatable bonds is 1. The zero-order chi connectivity index (χ0) is 16.9. The second-order valence-electron chi connectivity index (χ2n) is 5.41. The third-order valence-corrected chi connectivity index (χ3v) is 3.91. The van der Waals surface area contributed by atoms with E-state index in [1.807, 2.05) is 4.90 Å². The number of piperazine rings is 1. The smallest absolute Gasteiger partial charge is 0.351 e. The van der Waals surface area contributed by atoms with Crippen LogP contribution in [0.2, 0.25) is 0 Å². The Labute approximate surface area is 132 Å². The van der Waals surface area contributed by atoms with Crippen LogP contribution >= 0.6 is 0 Å². The largest absolute Gasteiger partial charge is 0.419 e. The number of tetrazole rings is 1. The van der Waals surface area contributed by atoms with E-state index in [4.69, 9.17) is 0 Å². The molecule has 1 N–H and O–H groups in total. The number of halogens is 4. The number of hydrogen-bond donors (Lipinski definition) is 1. The number of hydrogen-bond acceptors (Lipinski definition) is 6. The first kappa shape index (κ1) is 15.0. The maximum atomic E-state index is 13.9. The Kier molecular flexibility index (Phi) is 3.27. The molecule has 24 heavy (non-hydrogen) atoms. The third-order valence-electron chi connectivity index (χ3n) is 3.91. The zero-order valence-electron chi connectivity index (χ0n) is 12.2. The molecule has 11 heteroatoms. The van der Waals surface area contributed by atoms with Crippen molar-refractivity contribution in [3.8, 4) is 0 Å². The van der Waals surface area contributed by atoms with Crippen molar-refractivity contribution in [3.05, 3.63) is 23.5 Å². The van der Waals surface area contributed by atoms with Crippen molar-refractivity contribution in [2.75, 3.05) is 31.1 Å². The number of fused-ring (bicyclic) bond motifs is 3. The van der Waals surface area contributed by atoms with E-state index in [9.17, 15) is 17.6 Å². The van der Waals surface area contributed by atoms with Crippen molar-refractivity contribution in [1.82, 2.24) is 30.3 Å². The van der Waals surface area contributed by atoms with Gasteiger partial charge < -0.3 is 10.2 Å². The summed E-state index contributed by atoms with van der Waals surface area (Å²) >= 11 is 0. The van der Waals surface area contributed by atoms with Gasteiger partial charge in [-0.1, -0.05) is 0 Å². The molecular weight excluding hydrogens is 330 g/mol. The van der Waals surface area contributed by atoms with Gasteiger partial charge in [-0.2, -0.15) is 17.7 Å². The summed E-state index contributed by atoms with van der Waals surface area (Å²) in [7, 11) is 0. The van der Waals surface area contributed by atoms with E-state index in [0.717, 1.165) is 23.7 Å². The minimum atomic E-state index is -4.81. The van der Waals surface area contributed by atoms with Crippen LogP contribution in [0.5, 0.6) is 0 Å². The highest BCUT2D eigenvalue weighted by Gasteiger charge is 2.35. The Morgan fingerprint density at radius 3 is 2.58 bits per heavy atom. The number of alkyl halides is 3. The van der Waals surface area contributed by atoms with Crippen molar-refractivity contribution < 1.29 is 17.6 Å². The van der Waals surface area contributed by atoms with Crippen LogP contribution in [-0.2, 0) is 6.18 Å². The molecule has 1 fully saturated rings. The Bertz CT molecular complexity index is 914. The van der Waals surface area contributed by atoms with Crippen molar-refractivity contribution in [3.63, 3.8) is 0 Å². The summed E-state index contributed by atoms with van der Waals surface area (Å²) in [5.74, 6) is -0.950. The van der Waals surface area contributed by atoms with Crippen molar-refractivity contribution in [1.29, 1.82) is 0 Å². The van der Waals surface area contributed by atoms with E-state index in [-0.39, 0.29) is 16.7 Å². The van der Waals surface area contributed by atoms with Crippen molar-refractivity contribution >= 4 is 22.5 Å². The van der Waals surface area contributed by atoms with Gasteiger partial charge in [-0.25, -0.2) is 9.37 Å². The van der Waals surface area contributed by atoms with Crippen LogP contribution < -0.4 is 10.2 Å². The first-order valence-corrected chi connectivity index (χ1v) is 7.19. The van der Waals surface area contributed by atoms with Gasteiger partial charge in [0.25, 0.3) is 0 Å². The zero-order valence-corrected chi connectivity index (χ0v) is 12.2. The van der Waals surface area contributed by atoms with Gasteiger partial charge in [0.15, 0.2) is 5.82 Å². The highest BCUT2D eigenvalue weighted by atomic mass is 19.4. The van der Waals surface area contributed by atoms with Crippen LogP contribution in [0.25, 0.3) is 16.7 Å². The molecule has 0 bridgehead atoms. The minimum Gasteiger partial charge on any atom is -0.351 e. The van der Waals surface area contributed by atoms with Gasteiger partial charge in [-0.05, 0) is 16.5 Å². The van der Waals surface area contributed by atoms with Crippen LogP contribution in [0, 0.1) is 5.82 Å². The first-order valence-electron chi connectivity index (χ1n) is 7.19. The molecule has 1 aliphatic rings. The van der Waals surface area contributed by atoms with Gasteiger partial charge in [0.1, 0.15) is 5.82 Å². The van der Waals surface area contributed by atoms with Gasteiger partial charge in [-0.3, -0.25) is 0 Å². The van der Waals surface area contributed by atoms with E-state index in [2.05, 4.69) is 25.8 Å². The monoisotopic (exact) mass is 341 g/mol. The molecule has 7 nitrogen and oxygen atoms in total. The number of anilines is 1. The van der Waals surface area contributed by atoms with Gasteiger partial charge in [0.2, 0.25) is 5.65 Å². The average Bonchev–Trinajstić information content (AvgIpc) is 3.03. The molecule has 1 aromatic carbocycles. The molecular formula is C13H11F4N7. The van der Waals surface area contributed by atoms with Gasteiger partial charge in [0.05, 0.1) is 16.6 Å². The molecule has 0 saturated carbocycles. The maximum absolute atomic E-state index is 13.9. The molecule has 1 saturated heterocycles. The summed E-state index contributed by atoms with van der Waals surface area (Å²) in [4.78, 5) is 6.22. The fourth-order valence-electron chi connectivity index (χ4n) is 2.77. The summed E-state index contributed by atoms with van der Waals surface area (Å²) in [6.07, 6.45) is -4.81. The molecule has 4 rings (SSSR count). The lowest BCUT2D eigenvalue weighted by atomic mass is 10.1. The molecule has 3 aromatic rings. The summed E-state index contributed by atoms with van der Waals surface area (Å²) in [5.41, 5.74) is -1.07. The molecule has 126 valence electrons. The average molecular weight is 341 g/mol. The summed E-state index contributed by atoms with van der Waals surface area (Å²) in [6, 6.07) is 1.45. The molecule has 3 heterocycles. The molecule has 0 radical (unpaired) electrons. The van der Waals surface area contributed by atoms with E-state index in [0.29, 0.717) is 25.0 Å². The van der Waals surface area contributed by atoms with Crippen LogP contribution in [-0.4, -0.2) is 51.2 Å². The molecule has 0 unspecified atom stereocenters. The Hall–Kier alpha value is -2.56. The molecule has 1 aliphatic heterocycles. The predicted molar refractivity (Wildman–Crippen MR) is 76.1 cm³/mol. The second-order valence-corrected chi connectivity index (χ2v) is 5.41. The molecule has 2 aromatic heterocycles. The Balaban J connectivity index is 1.98. The van der Waals surface area contributed by atoms with Gasteiger partial charge >= 0.3 is 6.18 Å². The highest BCUT2D eigenvalue weighted by molar-refractivity contribution is 5.83. The normalized spacial score (nSPS) is 16.2. The lowest BCUT2D eigenvalue weighted by Crippen LogP contribution is -2.44. The Morgan fingerprint density at radius 2 is 1.88 bits per heavy atom. The van der Waals surface area contributed by atoms with Crippen LogP contribution in [0.3, 0.4) is 0 Å². The first-order chi connectivity index (χ1) is 11.4. The molecule has 0 spiro atoms. The molecule has 0 amide bonds. The number of aromatic nitrogens is 5. The van der Waals surface area contributed by atoms with E-state index >= 15 is 0 Å². The molecule has 0 atom stereocenters. The second kappa shape index (κ2) is 5.23. The number of nitrogens with zero attached hydrogens (tertiary/aromatic N) is 6. The van der Waals surface area contributed by atoms with E-state index in [1.165, 1.54) is 0 Å². The lowest BCUT2D eigenvalue weighted by molar-refractivity contribution is -0.139. The lowest BCUT2D eigenvalue weighted by Gasteiger charge is -2.28. The van der Waals surface area contributed by atoms with Crippen molar-refractivity contribution in [2.45, 2.75) is 6.18 Å². The highest BCUT2D eigenvalue weighted by Crippen LogP contribution is 2.34. The fourth-order valence-corrected chi connectivity index (χ4v) is 2.77. The topological polar surface area (TPSA) is 71.2 Å². The van der Waals surface area contributed by atoms with Gasteiger partial charge in [-0.15, -0.1) is 5.10 Å². The predicted octanol–water partition coefficient (Wildman–Crippen LogP) is 1.24. The third kappa shape index (κ3) is 2.31. The van der Waals surface area contributed by atoms with Crippen molar-refractivity contribution in [2.24, 2.45) is 0 Å².